The molecule has 5 rings (SSSR count). The van der Waals surface area contributed by atoms with Gasteiger partial charge in [0.25, 0.3) is 5.56 Å². The molecule has 0 spiro atoms. The van der Waals surface area contributed by atoms with E-state index in [9.17, 15) is 4.79 Å². The van der Waals surface area contributed by atoms with Crippen molar-refractivity contribution in [2.75, 3.05) is 38.1 Å². The molecule has 4 aromatic heterocycles. The number of aromatic amines is 2. The number of H-pyrrole nitrogens is 2. The maximum atomic E-state index is 12.2. The number of nitrogens with one attached hydrogen (secondary N) is 2. The number of rotatable bonds is 4. The third-order valence-corrected chi connectivity index (χ3v) is 6.11. The molecule has 1 aliphatic rings. The van der Waals surface area contributed by atoms with Crippen molar-refractivity contribution in [2.45, 2.75) is 19.9 Å². The van der Waals surface area contributed by atoms with Crippen LogP contribution in [0.5, 0.6) is 0 Å². The predicted molar refractivity (Wildman–Crippen MR) is 127 cm³/mol. The SMILES string of the molecule is [2H]c1c[nH]c(=NC)c2ncc(N3CCN(Cc4cnc5cc(CC)c(=O)[nH]c5c4)CC3)cc12. The Kier molecular flexibility index (Phi) is 5.12. The number of fused-ring (bicyclic) bond motifs is 2. The summed E-state index contributed by atoms with van der Waals surface area (Å²) in [5.41, 5.74) is 5.88. The van der Waals surface area contributed by atoms with Crippen molar-refractivity contribution in [3.8, 4) is 0 Å². The first-order valence-electron chi connectivity index (χ1n) is 11.4. The molecule has 2 N–H and O–H groups in total. The van der Waals surface area contributed by atoms with E-state index in [1.807, 2.05) is 37.5 Å². The van der Waals surface area contributed by atoms with Gasteiger partial charge in [0, 0.05) is 63.1 Å². The fourth-order valence-corrected chi connectivity index (χ4v) is 4.28. The van der Waals surface area contributed by atoms with Crippen LogP contribution < -0.4 is 15.9 Å². The second-order valence-corrected chi connectivity index (χ2v) is 8.11. The predicted octanol–water partition coefficient (Wildman–Crippen LogP) is 2.21. The lowest BCUT2D eigenvalue weighted by Gasteiger charge is -2.36. The van der Waals surface area contributed by atoms with Gasteiger partial charge in [-0.15, -0.1) is 0 Å². The number of nitrogens with zero attached hydrogens (tertiary/aromatic N) is 5. The maximum Gasteiger partial charge on any atom is 0.251 e. The van der Waals surface area contributed by atoms with Gasteiger partial charge in [-0.2, -0.15) is 0 Å². The third kappa shape index (κ3) is 3.89. The lowest BCUT2D eigenvalue weighted by Crippen LogP contribution is -2.46. The summed E-state index contributed by atoms with van der Waals surface area (Å²) in [6, 6.07) is 6.37. The fourth-order valence-electron chi connectivity index (χ4n) is 4.28. The molecule has 1 fully saturated rings. The molecule has 0 aliphatic carbocycles. The topological polar surface area (TPSA) is 93.3 Å². The summed E-state index contributed by atoms with van der Waals surface area (Å²) in [7, 11) is 1.72. The van der Waals surface area contributed by atoms with Crippen molar-refractivity contribution in [1.29, 1.82) is 0 Å². The Morgan fingerprint density at radius 2 is 2.00 bits per heavy atom. The zero-order valence-electron chi connectivity index (χ0n) is 19.4. The number of aryl methyl sites for hydroxylation is 1. The lowest BCUT2D eigenvalue weighted by atomic mass is 10.1. The van der Waals surface area contributed by atoms with Crippen LogP contribution in [0.4, 0.5) is 5.69 Å². The molecule has 1 aliphatic heterocycles. The molecule has 1 saturated heterocycles. The van der Waals surface area contributed by atoms with E-state index in [-0.39, 0.29) is 5.56 Å². The molecular weight excluding hydrogens is 402 g/mol. The van der Waals surface area contributed by atoms with E-state index in [2.05, 4.69) is 34.7 Å². The summed E-state index contributed by atoms with van der Waals surface area (Å²) >= 11 is 0. The molecular formula is C24H27N7O. The van der Waals surface area contributed by atoms with Crippen LogP contribution >= 0.6 is 0 Å². The zero-order valence-corrected chi connectivity index (χ0v) is 18.4. The Morgan fingerprint density at radius 3 is 2.78 bits per heavy atom. The van der Waals surface area contributed by atoms with Gasteiger partial charge in [0.15, 0.2) is 5.49 Å². The number of anilines is 1. The summed E-state index contributed by atoms with van der Waals surface area (Å²) in [6.45, 7) is 6.34. The molecule has 164 valence electrons. The van der Waals surface area contributed by atoms with Gasteiger partial charge >= 0.3 is 0 Å². The highest BCUT2D eigenvalue weighted by molar-refractivity contribution is 5.80. The van der Waals surface area contributed by atoms with Crippen LogP contribution in [0.25, 0.3) is 21.9 Å². The van der Waals surface area contributed by atoms with Crippen LogP contribution in [0.2, 0.25) is 0 Å². The van der Waals surface area contributed by atoms with E-state index < -0.39 is 0 Å². The van der Waals surface area contributed by atoms with Gasteiger partial charge in [-0.1, -0.05) is 6.92 Å². The van der Waals surface area contributed by atoms with E-state index in [1.165, 1.54) is 0 Å². The van der Waals surface area contributed by atoms with Crippen molar-refractivity contribution in [3.05, 3.63) is 69.8 Å². The van der Waals surface area contributed by atoms with E-state index in [0.29, 0.717) is 18.0 Å². The molecule has 5 heterocycles. The quantitative estimate of drug-likeness (QED) is 0.518. The second kappa shape index (κ2) is 8.55. The van der Waals surface area contributed by atoms with Crippen LogP contribution in [0, 0.1) is 0 Å². The Morgan fingerprint density at radius 1 is 1.16 bits per heavy atom. The van der Waals surface area contributed by atoms with Crippen LogP contribution in [-0.4, -0.2) is 58.1 Å². The van der Waals surface area contributed by atoms with Gasteiger partial charge in [-0.25, -0.2) is 0 Å². The highest BCUT2D eigenvalue weighted by Crippen LogP contribution is 2.20. The number of piperazine rings is 1. The molecule has 0 atom stereocenters. The molecule has 4 aromatic rings. The summed E-state index contributed by atoms with van der Waals surface area (Å²) in [6.07, 6.45) is 6.13. The van der Waals surface area contributed by atoms with Gasteiger partial charge in [0.2, 0.25) is 0 Å². The minimum Gasteiger partial charge on any atom is -0.368 e. The Hall–Kier alpha value is -3.52. The third-order valence-electron chi connectivity index (χ3n) is 6.11. The van der Waals surface area contributed by atoms with Crippen LogP contribution in [0.15, 0.2) is 52.6 Å². The smallest absolute Gasteiger partial charge is 0.251 e. The normalized spacial score (nSPS) is 16.1. The van der Waals surface area contributed by atoms with Gasteiger partial charge in [0.05, 0.1) is 24.3 Å². The number of pyridine rings is 4. The largest absolute Gasteiger partial charge is 0.368 e. The average Bonchev–Trinajstić information content (AvgIpc) is 2.84. The minimum atomic E-state index is -0.0324. The second-order valence-electron chi connectivity index (χ2n) is 8.11. The van der Waals surface area contributed by atoms with Gasteiger partial charge < -0.3 is 14.9 Å². The van der Waals surface area contributed by atoms with Crippen LogP contribution in [0.3, 0.4) is 0 Å². The van der Waals surface area contributed by atoms with Gasteiger partial charge in [0.1, 0.15) is 5.52 Å². The maximum absolute atomic E-state index is 12.2. The van der Waals surface area contributed by atoms with E-state index in [1.54, 1.807) is 13.2 Å². The number of hydrogen-bond donors (Lipinski definition) is 2. The molecule has 8 nitrogen and oxygen atoms in total. The zero-order chi connectivity index (χ0) is 22.9. The van der Waals surface area contributed by atoms with Crippen molar-refractivity contribution in [3.63, 3.8) is 0 Å². The van der Waals surface area contributed by atoms with E-state index in [0.717, 1.165) is 71.5 Å². The summed E-state index contributed by atoms with van der Waals surface area (Å²) in [4.78, 5) is 36.2. The summed E-state index contributed by atoms with van der Waals surface area (Å²) < 4.78 is 8.23. The molecule has 8 heteroatoms. The van der Waals surface area contributed by atoms with E-state index >= 15 is 0 Å². The lowest BCUT2D eigenvalue weighted by molar-refractivity contribution is 0.249. The highest BCUT2D eigenvalue weighted by Gasteiger charge is 2.18. The first kappa shape index (κ1) is 19.2. The Bertz CT molecular complexity index is 1450. The molecule has 0 unspecified atom stereocenters. The van der Waals surface area contributed by atoms with E-state index in [4.69, 9.17) is 1.37 Å². The van der Waals surface area contributed by atoms with Gasteiger partial charge in [-0.3, -0.25) is 24.7 Å². The number of aromatic nitrogens is 4. The summed E-state index contributed by atoms with van der Waals surface area (Å²) in [5, 5.41) is 0.803. The monoisotopic (exact) mass is 430 g/mol. The molecule has 0 bridgehead atoms. The molecule has 32 heavy (non-hydrogen) atoms. The Balaban J connectivity index is 1.29. The molecule has 0 radical (unpaired) electrons. The van der Waals surface area contributed by atoms with Crippen molar-refractivity contribution in [2.24, 2.45) is 4.99 Å². The minimum absolute atomic E-state index is 0.0324. The first-order valence-corrected chi connectivity index (χ1v) is 10.9. The van der Waals surface area contributed by atoms with Crippen molar-refractivity contribution in [1.82, 2.24) is 24.8 Å². The first-order chi connectivity index (χ1) is 16.1. The highest BCUT2D eigenvalue weighted by atomic mass is 16.1. The van der Waals surface area contributed by atoms with Crippen molar-refractivity contribution >= 4 is 27.6 Å². The molecule has 0 saturated carbocycles. The number of hydrogen-bond acceptors (Lipinski definition) is 6. The Labute approximate surface area is 187 Å². The standard InChI is InChI=1S/C24H27N7O/c1-3-17-12-20-21(29-24(17)32)10-16(13-27-20)15-30-6-8-31(9-7-30)19-11-18-4-5-26-23(25-2)22(18)28-14-19/h4-5,10-14H,3,6-9,15H2,1-2H3,(H,25,26)(H,29,32)/i4D. The van der Waals surface area contributed by atoms with Crippen LogP contribution in [0.1, 0.15) is 19.4 Å². The fraction of sp³-hybridized carbons (Fsp3) is 0.333. The molecule has 0 amide bonds. The van der Waals surface area contributed by atoms with Crippen molar-refractivity contribution < 1.29 is 1.37 Å². The molecule has 0 aromatic carbocycles. The van der Waals surface area contributed by atoms with Crippen LogP contribution in [-0.2, 0) is 13.0 Å². The van der Waals surface area contributed by atoms with Gasteiger partial charge in [-0.05, 0) is 36.2 Å². The average molecular weight is 431 g/mol. The summed E-state index contributed by atoms with van der Waals surface area (Å²) in [5.74, 6) is 0.